The Labute approximate surface area is 160 Å². The maximum atomic E-state index is 12.3. The van der Waals surface area contributed by atoms with Gasteiger partial charge in [0.25, 0.3) is 5.91 Å². The zero-order chi connectivity index (χ0) is 19.1. The number of nitrogens with two attached hydrogens (primary N) is 1. The molecule has 0 spiro atoms. The number of furan rings is 1. The summed E-state index contributed by atoms with van der Waals surface area (Å²) in [5.41, 5.74) is 9.58. The quantitative estimate of drug-likeness (QED) is 0.611. The van der Waals surface area contributed by atoms with Crippen LogP contribution >= 0.6 is 0 Å². The van der Waals surface area contributed by atoms with E-state index >= 15 is 0 Å². The molecular weight excluding hydrogens is 338 g/mol. The lowest BCUT2D eigenvalue weighted by Crippen LogP contribution is -2.33. The van der Waals surface area contributed by atoms with Crippen LogP contribution in [0.15, 0.2) is 59.2 Å². The molecule has 0 radical (unpaired) electrons. The molecule has 5 nitrogen and oxygen atoms in total. The fourth-order valence-electron chi connectivity index (χ4n) is 3.08. The zero-order valence-electron chi connectivity index (χ0n) is 15.8. The number of nitrogens with zero attached hydrogens (tertiary/aromatic N) is 1. The van der Waals surface area contributed by atoms with E-state index in [0.717, 1.165) is 36.9 Å². The number of likely N-dealkylation sites (N-methyl/N-ethyl adjacent to an activating group) is 1. The molecule has 1 heterocycles. The van der Waals surface area contributed by atoms with Gasteiger partial charge in [-0.15, -0.1) is 0 Å². The van der Waals surface area contributed by atoms with Gasteiger partial charge in [-0.1, -0.05) is 24.3 Å². The lowest BCUT2D eigenvalue weighted by atomic mass is 10.1. The van der Waals surface area contributed by atoms with Crippen LogP contribution in [-0.4, -0.2) is 37.5 Å². The molecule has 0 aliphatic rings. The molecule has 5 heteroatoms. The minimum atomic E-state index is -0.0495. The van der Waals surface area contributed by atoms with Crippen LogP contribution < -0.4 is 11.1 Å². The van der Waals surface area contributed by atoms with Crippen LogP contribution in [0.25, 0.3) is 11.0 Å². The van der Waals surface area contributed by atoms with Crippen molar-refractivity contribution in [2.24, 2.45) is 5.73 Å². The predicted octanol–water partition coefficient (Wildman–Crippen LogP) is 3.19. The number of carbonyl (C=O) groups is 1. The second-order valence-corrected chi connectivity index (χ2v) is 6.86. The molecule has 3 rings (SSSR count). The Morgan fingerprint density at radius 3 is 2.63 bits per heavy atom. The van der Waals surface area contributed by atoms with Crippen molar-refractivity contribution >= 4 is 16.9 Å². The third kappa shape index (κ3) is 5.42. The summed E-state index contributed by atoms with van der Waals surface area (Å²) >= 11 is 0. The third-order valence-electron chi connectivity index (χ3n) is 4.76. The molecular formula is C22H27N3O2. The molecule has 27 heavy (non-hydrogen) atoms. The third-order valence-corrected chi connectivity index (χ3v) is 4.76. The Kier molecular flexibility index (Phi) is 6.63. The van der Waals surface area contributed by atoms with Crippen molar-refractivity contribution in [1.82, 2.24) is 10.2 Å². The van der Waals surface area contributed by atoms with Gasteiger partial charge in [-0.05, 0) is 61.8 Å². The first-order chi connectivity index (χ1) is 13.2. The Morgan fingerprint density at radius 2 is 1.85 bits per heavy atom. The molecule has 1 amide bonds. The van der Waals surface area contributed by atoms with E-state index in [-0.39, 0.29) is 5.91 Å². The summed E-state index contributed by atoms with van der Waals surface area (Å²) in [6.45, 7) is 3.04. The van der Waals surface area contributed by atoms with Crippen molar-refractivity contribution in [1.29, 1.82) is 0 Å². The first-order valence-corrected chi connectivity index (χ1v) is 9.37. The summed E-state index contributed by atoms with van der Waals surface area (Å²) in [7, 11) is 2.08. The van der Waals surface area contributed by atoms with Crippen molar-refractivity contribution in [2.75, 3.05) is 26.7 Å². The molecule has 0 saturated heterocycles. The number of amides is 1. The van der Waals surface area contributed by atoms with Gasteiger partial charge < -0.3 is 20.4 Å². The van der Waals surface area contributed by atoms with E-state index < -0.39 is 0 Å². The van der Waals surface area contributed by atoms with E-state index in [1.54, 1.807) is 12.3 Å². The first kappa shape index (κ1) is 19.1. The fraction of sp³-hybridized carbons (Fsp3) is 0.318. The van der Waals surface area contributed by atoms with E-state index in [4.69, 9.17) is 10.2 Å². The highest BCUT2D eigenvalue weighted by Crippen LogP contribution is 2.16. The van der Waals surface area contributed by atoms with E-state index in [1.807, 2.05) is 18.2 Å². The summed E-state index contributed by atoms with van der Waals surface area (Å²) in [5.74, 6) is -0.0495. The maximum absolute atomic E-state index is 12.3. The van der Waals surface area contributed by atoms with Crippen molar-refractivity contribution in [3.63, 3.8) is 0 Å². The van der Waals surface area contributed by atoms with Gasteiger partial charge in [0, 0.05) is 30.6 Å². The highest BCUT2D eigenvalue weighted by atomic mass is 16.3. The first-order valence-electron chi connectivity index (χ1n) is 9.37. The second kappa shape index (κ2) is 9.35. The zero-order valence-corrected chi connectivity index (χ0v) is 15.8. The van der Waals surface area contributed by atoms with Crippen LogP contribution in [0.2, 0.25) is 0 Å². The van der Waals surface area contributed by atoms with E-state index in [9.17, 15) is 4.79 Å². The Morgan fingerprint density at radius 1 is 1.07 bits per heavy atom. The van der Waals surface area contributed by atoms with Gasteiger partial charge in [-0.3, -0.25) is 4.79 Å². The number of carbonyl (C=O) groups excluding carboxylic acids is 1. The molecule has 0 unspecified atom stereocenters. The van der Waals surface area contributed by atoms with Gasteiger partial charge in [-0.2, -0.15) is 0 Å². The summed E-state index contributed by atoms with van der Waals surface area (Å²) in [6, 6.07) is 15.8. The average Bonchev–Trinajstić information content (AvgIpc) is 3.16. The summed E-state index contributed by atoms with van der Waals surface area (Å²) in [5, 5.41) is 3.93. The molecule has 1 aromatic heterocycles. The normalized spacial score (nSPS) is 11.2. The summed E-state index contributed by atoms with van der Waals surface area (Å²) in [6.07, 6.45) is 3.77. The van der Waals surface area contributed by atoms with Gasteiger partial charge in [0.2, 0.25) is 0 Å². The van der Waals surface area contributed by atoms with Gasteiger partial charge in [-0.25, -0.2) is 0 Å². The number of aryl methyl sites for hydroxylation is 1. The van der Waals surface area contributed by atoms with Crippen molar-refractivity contribution < 1.29 is 9.21 Å². The minimum absolute atomic E-state index is 0.0495. The van der Waals surface area contributed by atoms with Crippen LogP contribution in [0.5, 0.6) is 0 Å². The standard InChI is InChI=1S/C22H27N3O2/c1-25(12-2-3-17-4-6-18(16-23)7-5-17)13-11-24-22(26)20-8-9-21-19(15-20)10-14-27-21/h4-10,14-15H,2-3,11-13,16,23H2,1H3,(H,24,26). The smallest absolute Gasteiger partial charge is 0.251 e. The van der Waals surface area contributed by atoms with Crippen molar-refractivity contribution in [3.05, 3.63) is 71.5 Å². The molecule has 0 bridgehead atoms. The minimum Gasteiger partial charge on any atom is -0.464 e. The van der Waals surface area contributed by atoms with Gasteiger partial charge >= 0.3 is 0 Å². The molecule has 3 N–H and O–H groups in total. The lowest BCUT2D eigenvalue weighted by molar-refractivity contribution is 0.0950. The number of fused-ring (bicyclic) bond motifs is 1. The maximum Gasteiger partial charge on any atom is 0.251 e. The topological polar surface area (TPSA) is 71.5 Å². The molecule has 0 aliphatic carbocycles. The monoisotopic (exact) mass is 365 g/mol. The highest BCUT2D eigenvalue weighted by Gasteiger charge is 2.07. The number of hydrogen-bond acceptors (Lipinski definition) is 4. The van der Waals surface area contributed by atoms with Crippen molar-refractivity contribution in [2.45, 2.75) is 19.4 Å². The van der Waals surface area contributed by atoms with Crippen LogP contribution in [-0.2, 0) is 13.0 Å². The molecule has 3 aromatic rings. The number of rotatable bonds is 9. The van der Waals surface area contributed by atoms with Crippen LogP contribution in [0, 0.1) is 0 Å². The number of nitrogens with one attached hydrogen (secondary N) is 1. The van der Waals surface area contributed by atoms with Gasteiger partial charge in [0.15, 0.2) is 0 Å². The van der Waals surface area contributed by atoms with Crippen molar-refractivity contribution in [3.8, 4) is 0 Å². The number of benzene rings is 2. The molecule has 142 valence electrons. The van der Waals surface area contributed by atoms with E-state index in [2.05, 4.69) is 41.5 Å². The average molecular weight is 365 g/mol. The lowest BCUT2D eigenvalue weighted by Gasteiger charge is -2.17. The molecule has 0 fully saturated rings. The SMILES string of the molecule is CN(CCCc1ccc(CN)cc1)CCNC(=O)c1ccc2occc2c1. The summed E-state index contributed by atoms with van der Waals surface area (Å²) < 4.78 is 5.30. The van der Waals surface area contributed by atoms with Crippen LogP contribution in [0.4, 0.5) is 0 Å². The van der Waals surface area contributed by atoms with Gasteiger partial charge in [0.1, 0.15) is 5.58 Å². The van der Waals surface area contributed by atoms with Crippen LogP contribution in [0.1, 0.15) is 27.9 Å². The molecule has 0 saturated carbocycles. The Bertz CT molecular complexity index is 871. The molecule has 0 atom stereocenters. The highest BCUT2D eigenvalue weighted by molar-refractivity contribution is 5.97. The fourth-order valence-corrected chi connectivity index (χ4v) is 3.08. The summed E-state index contributed by atoms with van der Waals surface area (Å²) in [4.78, 5) is 14.5. The molecule has 2 aromatic carbocycles. The predicted molar refractivity (Wildman–Crippen MR) is 109 cm³/mol. The van der Waals surface area contributed by atoms with E-state index in [0.29, 0.717) is 18.7 Å². The molecule has 0 aliphatic heterocycles. The second-order valence-electron chi connectivity index (χ2n) is 6.86. The van der Waals surface area contributed by atoms with Crippen LogP contribution in [0.3, 0.4) is 0 Å². The largest absolute Gasteiger partial charge is 0.464 e. The Balaban J connectivity index is 1.35. The number of hydrogen-bond donors (Lipinski definition) is 2. The van der Waals surface area contributed by atoms with E-state index in [1.165, 1.54) is 11.1 Å². The Hall–Kier alpha value is -2.63. The van der Waals surface area contributed by atoms with Gasteiger partial charge in [0.05, 0.1) is 6.26 Å².